The van der Waals surface area contributed by atoms with Gasteiger partial charge in [0.25, 0.3) is 0 Å². The molecule has 35 heavy (non-hydrogen) atoms. The zero-order valence-corrected chi connectivity index (χ0v) is 20.9. The van der Waals surface area contributed by atoms with E-state index in [1.807, 2.05) is 91.0 Å². The number of hydrogen-bond donors (Lipinski definition) is 1. The summed E-state index contributed by atoms with van der Waals surface area (Å²) >= 11 is 1.57. The third kappa shape index (κ3) is 7.64. The average Bonchev–Trinajstić information content (AvgIpc) is 2.90. The normalized spacial score (nSPS) is 24.3. The van der Waals surface area contributed by atoms with Crippen LogP contribution in [0.3, 0.4) is 0 Å². The lowest BCUT2D eigenvalue weighted by atomic mass is 9.99. The third-order valence-electron chi connectivity index (χ3n) is 5.91. The number of benzene rings is 3. The Hall–Kier alpha value is -2.19. The highest BCUT2D eigenvalue weighted by Crippen LogP contribution is 2.33. The van der Waals surface area contributed by atoms with Crippen molar-refractivity contribution in [2.75, 3.05) is 12.4 Å². The standard InChI is InChI=1S/C29H34O5S/c1-2-35-29-26(30)28(33-20-24-16-10-5-11-17-24)27(32-19-23-14-8-4-9-15-23)25(34-29)21-31-18-22-12-6-3-7-13-22/h3-17,25-30H,2,18-21H2,1H3/t25?,26?,27-,28+,29+/m1/s1. The van der Waals surface area contributed by atoms with Crippen LogP contribution in [-0.4, -0.2) is 47.3 Å². The monoisotopic (exact) mass is 494 g/mol. The van der Waals surface area contributed by atoms with Crippen molar-refractivity contribution in [2.24, 2.45) is 0 Å². The molecule has 0 radical (unpaired) electrons. The second-order valence-electron chi connectivity index (χ2n) is 8.51. The molecule has 0 aliphatic carbocycles. The molecular formula is C29H34O5S. The Morgan fingerprint density at radius 3 is 1.71 bits per heavy atom. The summed E-state index contributed by atoms with van der Waals surface area (Å²) in [5.74, 6) is 0.820. The molecule has 1 N–H and O–H groups in total. The predicted molar refractivity (Wildman–Crippen MR) is 139 cm³/mol. The Morgan fingerprint density at radius 1 is 0.714 bits per heavy atom. The molecule has 0 aromatic heterocycles. The highest BCUT2D eigenvalue weighted by molar-refractivity contribution is 7.99. The first-order chi connectivity index (χ1) is 17.2. The molecule has 1 aliphatic rings. The largest absolute Gasteiger partial charge is 0.387 e. The molecule has 3 aromatic carbocycles. The molecule has 2 unspecified atom stereocenters. The predicted octanol–water partition coefficient (Wildman–Crippen LogP) is 5.21. The van der Waals surface area contributed by atoms with E-state index in [4.69, 9.17) is 18.9 Å². The van der Waals surface area contributed by atoms with Gasteiger partial charge in [0, 0.05) is 0 Å². The first-order valence-electron chi connectivity index (χ1n) is 12.1. The number of aliphatic hydroxyl groups is 1. The zero-order chi connectivity index (χ0) is 24.3. The lowest BCUT2D eigenvalue weighted by Gasteiger charge is -2.44. The quantitative estimate of drug-likeness (QED) is 0.373. The van der Waals surface area contributed by atoms with E-state index in [0.717, 1.165) is 22.4 Å². The molecule has 0 saturated carbocycles. The van der Waals surface area contributed by atoms with Crippen LogP contribution in [0.1, 0.15) is 23.6 Å². The summed E-state index contributed by atoms with van der Waals surface area (Å²) in [7, 11) is 0. The minimum Gasteiger partial charge on any atom is -0.387 e. The summed E-state index contributed by atoms with van der Waals surface area (Å²) in [6, 6.07) is 30.1. The molecule has 6 heteroatoms. The van der Waals surface area contributed by atoms with E-state index < -0.39 is 23.7 Å². The van der Waals surface area contributed by atoms with E-state index in [-0.39, 0.29) is 6.10 Å². The van der Waals surface area contributed by atoms with Gasteiger partial charge in [-0.25, -0.2) is 0 Å². The van der Waals surface area contributed by atoms with Crippen molar-refractivity contribution in [3.05, 3.63) is 108 Å². The molecule has 1 heterocycles. The minimum absolute atomic E-state index is 0.340. The van der Waals surface area contributed by atoms with Crippen LogP contribution in [-0.2, 0) is 38.8 Å². The lowest BCUT2D eigenvalue weighted by Crippen LogP contribution is -2.59. The van der Waals surface area contributed by atoms with Crippen molar-refractivity contribution in [3.63, 3.8) is 0 Å². The van der Waals surface area contributed by atoms with Crippen LogP contribution in [0.2, 0.25) is 0 Å². The molecule has 1 saturated heterocycles. The van der Waals surface area contributed by atoms with Gasteiger partial charge in [-0.15, -0.1) is 11.8 Å². The van der Waals surface area contributed by atoms with Crippen LogP contribution in [0, 0.1) is 0 Å². The molecule has 0 bridgehead atoms. The second-order valence-corrected chi connectivity index (χ2v) is 9.89. The fourth-order valence-electron chi connectivity index (χ4n) is 4.12. The van der Waals surface area contributed by atoms with Crippen molar-refractivity contribution in [1.82, 2.24) is 0 Å². The average molecular weight is 495 g/mol. The van der Waals surface area contributed by atoms with Crippen LogP contribution in [0.25, 0.3) is 0 Å². The van der Waals surface area contributed by atoms with E-state index in [1.54, 1.807) is 11.8 Å². The van der Waals surface area contributed by atoms with Gasteiger partial charge in [0.1, 0.15) is 29.9 Å². The number of ether oxygens (including phenoxy) is 4. The highest BCUT2D eigenvalue weighted by Gasteiger charge is 2.47. The molecule has 4 rings (SSSR count). The molecule has 0 amide bonds. The van der Waals surface area contributed by atoms with Crippen LogP contribution < -0.4 is 0 Å². The molecule has 3 aromatic rings. The van der Waals surface area contributed by atoms with E-state index in [0.29, 0.717) is 26.4 Å². The highest BCUT2D eigenvalue weighted by atomic mass is 32.2. The molecule has 5 nitrogen and oxygen atoms in total. The first-order valence-corrected chi connectivity index (χ1v) is 13.2. The number of rotatable bonds is 12. The van der Waals surface area contributed by atoms with E-state index in [1.165, 1.54) is 0 Å². The number of aliphatic hydroxyl groups excluding tert-OH is 1. The molecule has 1 fully saturated rings. The van der Waals surface area contributed by atoms with Crippen molar-refractivity contribution >= 4 is 11.8 Å². The zero-order valence-electron chi connectivity index (χ0n) is 20.1. The Morgan fingerprint density at radius 2 is 1.20 bits per heavy atom. The summed E-state index contributed by atoms with van der Waals surface area (Å²) in [5.41, 5.74) is 2.78. The Balaban J connectivity index is 1.50. The lowest BCUT2D eigenvalue weighted by molar-refractivity contribution is -0.243. The summed E-state index contributed by atoms with van der Waals surface area (Å²) in [4.78, 5) is 0. The summed E-state index contributed by atoms with van der Waals surface area (Å²) in [5, 5.41) is 11.2. The number of thioether (sulfide) groups is 1. The van der Waals surface area contributed by atoms with Gasteiger partial charge >= 0.3 is 0 Å². The molecule has 186 valence electrons. The van der Waals surface area contributed by atoms with E-state index in [9.17, 15) is 5.11 Å². The Labute approximate surface area is 212 Å². The fraction of sp³-hybridized carbons (Fsp3) is 0.379. The van der Waals surface area contributed by atoms with Gasteiger partial charge in [-0.05, 0) is 22.4 Å². The maximum absolute atomic E-state index is 11.2. The fourth-order valence-corrected chi connectivity index (χ4v) is 5.03. The van der Waals surface area contributed by atoms with Gasteiger partial charge in [0.05, 0.1) is 26.4 Å². The van der Waals surface area contributed by atoms with Gasteiger partial charge < -0.3 is 24.1 Å². The van der Waals surface area contributed by atoms with Crippen molar-refractivity contribution in [2.45, 2.75) is 56.6 Å². The van der Waals surface area contributed by atoms with Crippen molar-refractivity contribution in [3.8, 4) is 0 Å². The van der Waals surface area contributed by atoms with Crippen molar-refractivity contribution < 1.29 is 24.1 Å². The molecule has 1 aliphatic heterocycles. The second kappa shape index (κ2) is 13.8. The maximum Gasteiger partial charge on any atom is 0.132 e. The van der Waals surface area contributed by atoms with E-state index >= 15 is 0 Å². The summed E-state index contributed by atoms with van der Waals surface area (Å²) in [6.45, 7) is 3.66. The van der Waals surface area contributed by atoms with Crippen LogP contribution >= 0.6 is 11.8 Å². The SMILES string of the molecule is CCS[C@@H]1OC(COCc2ccccc2)[C@@H](OCc2ccccc2)[C@@H](OCc2ccccc2)C1O. The Bertz CT molecular complexity index is 972. The smallest absolute Gasteiger partial charge is 0.132 e. The van der Waals surface area contributed by atoms with Crippen molar-refractivity contribution in [1.29, 1.82) is 0 Å². The summed E-state index contributed by atoms with van der Waals surface area (Å²) < 4.78 is 25.1. The summed E-state index contributed by atoms with van der Waals surface area (Å²) in [6.07, 6.45) is -2.24. The van der Waals surface area contributed by atoms with Crippen LogP contribution in [0.5, 0.6) is 0 Å². The van der Waals surface area contributed by atoms with Crippen LogP contribution in [0.4, 0.5) is 0 Å². The third-order valence-corrected chi connectivity index (χ3v) is 6.96. The topological polar surface area (TPSA) is 57.2 Å². The first kappa shape index (κ1) is 25.9. The molecule has 5 atom stereocenters. The minimum atomic E-state index is -0.824. The van der Waals surface area contributed by atoms with Gasteiger partial charge in [0.15, 0.2) is 0 Å². The van der Waals surface area contributed by atoms with Gasteiger partial charge in [-0.1, -0.05) is 97.9 Å². The van der Waals surface area contributed by atoms with Crippen LogP contribution in [0.15, 0.2) is 91.0 Å². The van der Waals surface area contributed by atoms with Gasteiger partial charge in [0.2, 0.25) is 0 Å². The Kier molecular flexibility index (Phi) is 10.2. The number of hydrogen-bond acceptors (Lipinski definition) is 6. The van der Waals surface area contributed by atoms with Gasteiger partial charge in [-0.2, -0.15) is 0 Å². The molecule has 0 spiro atoms. The maximum atomic E-state index is 11.2. The van der Waals surface area contributed by atoms with E-state index in [2.05, 4.69) is 6.92 Å². The van der Waals surface area contributed by atoms with Gasteiger partial charge in [-0.3, -0.25) is 0 Å². The molecular weight excluding hydrogens is 460 g/mol.